The second kappa shape index (κ2) is 7.15. The summed E-state index contributed by atoms with van der Waals surface area (Å²) < 4.78 is 5.22. The second-order valence-corrected chi connectivity index (χ2v) is 6.58. The number of rotatable bonds is 5. The molecule has 0 spiro atoms. The smallest absolute Gasteiger partial charge is 0.290 e. The van der Waals surface area contributed by atoms with Crippen molar-refractivity contribution in [2.24, 2.45) is 0 Å². The summed E-state index contributed by atoms with van der Waals surface area (Å²) in [6, 6.07) is 15.3. The van der Waals surface area contributed by atoms with E-state index in [2.05, 4.69) is 4.98 Å². The third kappa shape index (κ3) is 2.99. The number of pyridine rings is 1. The number of amides is 1. The van der Waals surface area contributed by atoms with Gasteiger partial charge in [0.1, 0.15) is 0 Å². The van der Waals surface area contributed by atoms with Crippen LogP contribution >= 0.6 is 0 Å². The monoisotopic (exact) mass is 374 g/mol. The second-order valence-electron chi connectivity index (χ2n) is 6.58. The molecule has 1 aliphatic heterocycles. The Balaban J connectivity index is 1.82. The molecule has 4 rings (SSSR count). The average molecular weight is 374 g/mol. The number of furan rings is 1. The van der Waals surface area contributed by atoms with Crippen LogP contribution in [0.1, 0.15) is 33.4 Å². The van der Waals surface area contributed by atoms with Crippen LogP contribution in [-0.4, -0.2) is 26.7 Å². The Kier molecular flexibility index (Phi) is 4.53. The van der Waals surface area contributed by atoms with E-state index in [1.165, 1.54) is 17.2 Å². The first-order valence-electron chi connectivity index (χ1n) is 8.85. The molecule has 0 bridgehead atoms. The Morgan fingerprint density at radius 3 is 2.61 bits per heavy atom. The summed E-state index contributed by atoms with van der Waals surface area (Å²) in [7, 11) is 0. The van der Waals surface area contributed by atoms with E-state index in [1.54, 1.807) is 24.4 Å². The van der Waals surface area contributed by atoms with Gasteiger partial charge < -0.3 is 14.4 Å². The van der Waals surface area contributed by atoms with Gasteiger partial charge in [0.15, 0.2) is 11.5 Å². The molecule has 1 N–H and O–H groups in total. The summed E-state index contributed by atoms with van der Waals surface area (Å²) in [5.74, 6) is -1.58. The minimum Gasteiger partial charge on any atom is -0.503 e. The van der Waals surface area contributed by atoms with Gasteiger partial charge in [-0.25, -0.2) is 0 Å². The molecule has 0 radical (unpaired) electrons. The van der Waals surface area contributed by atoms with Crippen LogP contribution in [0.4, 0.5) is 0 Å². The zero-order valence-electron chi connectivity index (χ0n) is 15.2. The van der Waals surface area contributed by atoms with Gasteiger partial charge >= 0.3 is 0 Å². The zero-order chi connectivity index (χ0) is 19.7. The van der Waals surface area contributed by atoms with Crippen LogP contribution in [0.3, 0.4) is 0 Å². The predicted octanol–water partition coefficient (Wildman–Crippen LogP) is 3.76. The van der Waals surface area contributed by atoms with E-state index in [1.807, 2.05) is 37.3 Å². The maximum Gasteiger partial charge on any atom is 0.290 e. The molecule has 0 saturated heterocycles. The Hall–Kier alpha value is -3.67. The van der Waals surface area contributed by atoms with Crippen molar-refractivity contribution < 1.29 is 19.1 Å². The lowest BCUT2D eigenvalue weighted by Gasteiger charge is -2.27. The maximum atomic E-state index is 13.1. The molecule has 1 atom stereocenters. The number of ketones is 1. The van der Waals surface area contributed by atoms with Crippen LogP contribution in [0.2, 0.25) is 0 Å². The van der Waals surface area contributed by atoms with Gasteiger partial charge in [0, 0.05) is 6.20 Å². The van der Waals surface area contributed by atoms with Gasteiger partial charge in [-0.3, -0.25) is 14.6 Å². The number of benzene rings is 1. The summed E-state index contributed by atoms with van der Waals surface area (Å²) in [6.07, 6.45) is 3.02. The Morgan fingerprint density at radius 1 is 1.14 bits per heavy atom. The number of nitrogens with zero attached hydrogens (tertiary/aromatic N) is 2. The fraction of sp³-hybridized carbons (Fsp3) is 0.136. The molecule has 6 heteroatoms. The fourth-order valence-electron chi connectivity index (χ4n) is 3.47. The minimum atomic E-state index is -0.728. The van der Waals surface area contributed by atoms with E-state index in [0.29, 0.717) is 5.69 Å². The first-order valence-corrected chi connectivity index (χ1v) is 8.85. The summed E-state index contributed by atoms with van der Waals surface area (Å²) in [6.45, 7) is 2.07. The van der Waals surface area contributed by atoms with Gasteiger partial charge in [-0.1, -0.05) is 30.3 Å². The Morgan fingerprint density at radius 2 is 1.93 bits per heavy atom. The molecule has 0 fully saturated rings. The van der Waals surface area contributed by atoms with Gasteiger partial charge in [-0.2, -0.15) is 0 Å². The molecule has 140 valence electrons. The average Bonchev–Trinajstić information content (AvgIpc) is 3.32. The number of aliphatic hydroxyl groups excluding tert-OH is 1. The van der Waals surface area contributed by atoms with Crippen LogP contribution < -0.4 is 0 Å². The first-order chi connectivity index (χ1) is 13.6. The minimum absolute atomic E-state index is 0.0187. The number of aromatic nitrogens is 1. The molecule has 1 unspecified atom stereocenters. The lowest BCUT2D eigenvalue weighted by molar-refractivity contribution is -0.130. The standard InChI is InChI=1S/C22H18N2O4/c1-14-7-2-3-9-16(14)19-18(20(25)17-10-6-12-28-17)21(26)22(27)24(19)13-15-8-4-5-11-23-15/h2-12,19,26H,13H2,1H3. The number of Topliss-reactive ketones (excluding diaryl/α,β-unsaturated/α-hetero) is 1. The van der Waals surface area contributed by atoms with Crippen molar-refractivity contribution >= 4 is 11.7 Å². The van der Waals surface area contributed by atoms with Crippen LogP contribution in [0.15, 0.2) is 82.8 Å². The third-order valence-corrected chi connectivity index (χ3v) is 4.83. The SMILES string of the molecule is Cc1ccccc1C1C(C(=O)c2ccco2)=C(O)C(=O)N1Cc1ccccn1. The molecule has 1 aliphatic rings. The third-order valence-electron chi connectivity index (χ3n) is 4.83. The topological polar surface area (TPSA) is 83.6 Å². The van der Waals surface area contributed by atoms with Crippen LogP contribution in [0.25, 0.3) is 0 Å². The molecule has 6 nitrogen and oxygen atoms in total. The number of aryl methyl sites for hydroxylation is 1. The molecule has 1 amide bonds. The number of hydrogen-bond donors (Lipinski definition) is 1. The van der Waals surface area contributed by atoms with Crippen molar-refractivity contribution in [1.29, 1.82) is 0 Å². The van der Waals surface area contributed by atoms with Crippen LogP contribution in [0, 0.1) is 6.92 Å². The first kappa shape index (κ1) is 17.7. The normalized spacial score (nSPS) is 16.7. The molecule has 28 heavy (non-hydrogen) atoms. The highest BCUT2D eigenvalue weighted by Gasteiger charge is 2.44. The van der Waals surface area contributed by atoms with Crippen LogP contribution in [0.5, 0.6) is 0 Å². The van der Waals surface area contributed by atoms with E-state index < -0.39 is 23.5 Å². The van der Waals surface area contributed by atoms with Gasteiger partial charge in [0.2, 0.25) is 5.78 Å². The van der Waals surface area contributed by atoms with Gasteiger partial charge in [0.05, 0.1) is 30.1 Å². The highest BCUT2D eigenvalue weighted by atomic mass is 16.3. The summed E-state index contributed by atoms with van der Waals surface area (Å²) in [4.78, 5) is 31.7. The Labute approximate surface area is 161 Å². The van der Waals surface area contributed by atoms with E-state index in [4.69, 9.17) is 4.42 Å². The van der Waals surface area contributed by atoms with Crippen molar-refractivity contribution in [3.05, 3.63) is 101 Å². The maximum absolute atomic E-state index is 13.1. The Bertz CT molecular complexity index is 1060. The number of hydrogen-bond acceptors (Lipinski definition) is 5. The molecular weight excluding hydrogens is 356 g/mol. The van der Waals surface area contributed by atoms with Crippen LogP contribution in [-0.2, 0) is 11.3 Å². The fourth-order valence-corrected chi connectivity index (χ4v) is 3.47. The van der Waals surface area contributed by atoms with Crippen molar-refractivity contribution in [2.45, 2.75) is 19.5 Å². The highest BCUT2D eigenvalue weighted by molar-refractivity contribution is 6.15. The molecule has 3 heterocycles. The quantitative estimate of drug-likeness (QED) is 0.688. The summed E-state index contributed by atoms with van der Waals surface area (Å²) in [5.41, 5.74) is 2.36. The largest absolute Gasteiger partial charge is 0.503 e. The zero-order valence-corrected chi connectivity index (χ0v) is 15.2. The highest BCUT2D eigenvalue weighted by Crippen LogP contribution is 2.40. The predicted molar refractivity (Wildman–Crippen MR) is 101 cm³/mol. The lowest BCUT2D eigenvalue weighted by Crippen LogP contribution is -2.31. The van der Waals surface area contributed by atoms with Crippen molar-refractivity contribution in [1.82, 2.24) is 9.88 Å². The van der Waals surface area contributed by atoms with Crippen molar-refractivity contribution in [2.75, 3.05) is 0 Å². The van der Waals surface area contributed by atoms with Crippen molar-refractivity contribution in [3.8, 4) is 0 Å². The van der Waals surface area contributed by atoms with E-state index >= 15 is 0 Å². The molecule has 1 aromatic carbocycles. The molecule has 3 aromatic rings. The number of aliphatic hydroxyl groups is 1. The molecule has 2 aromatic heterocycles. The van der Waals surface area contributed by atoms with Gasteiger partial charge in [-0.15, -0.1) is 0 Å². The molecule has 0 aliphatic carbocycles. The van der Waals surface area contributed by atoms with Gasteiger partial charge in [-0.05, 0) is 42.3 Å². The van der Waals surface area contributed by atoms with E-state index in [9.17, 15) is 14.7 Å². The summed E-state index contributed by atoms with van der Waals surface area (Å²) >= 11 is 0. The number of carbonyl (C=O) groups is 2. The van der Waals surface area contributed by atoms with E-state index in [-0.39, 0.29) is 17.9 Å². The van der Waals surface area contributed by atoms with Crippen molar-refractivity contribution in [3.63, 3.8) is 0 Å². The lowest BCUT2D eigenvalue weighted by atomic mass is 9.92. The molecular formula is C22H18N2O4. The van der Waals surface area contributed by atoms with Gasteiger partial charge in [0.25, 0.3) is 5.91 Å². The van der Waals surface area contributed by atoms with E-state index in [0.717, 1.165) is 11.1 Å². The summed E-state index contributed by atoms with van der Waals surface area (Å²) in [5, 5.41) is 10.6. The molecule has 0 saturated carbocycles. The number of carbonyl (C=O) groups excluding carboxylic acids is 2.